The maximum atomic E-state index is 4.82. The van der Waals surface area contributed by atoms with Crippen molar-refractivity contribution in [2.45, 2.75) is 20.3 Å². The van der Waals surface area contributed by atoms with Crippen LogP contribution in [0.25, 0.3) is 0 Å². The Balaban J connectivity index is 3.58. The molecule has 0 nitrogen and oxygen atoms in total. The fraction of sp³-hybridized carbons (Fsp3) is 0.500. The lowest BCUT2D eigenvalue weighted by atomic mass is 10.2. The van der Waals surface area contributed by atoms with Gasteiger partial charge in [-0.2, -0.15) is 0 Å². The van der Waals surface area contributed by atoms with Crippen molar-refractivity contribution in [2.24, 2.45) is 0 Å². The Bertz CT molecular complexity index is 92.4. The van der Waals surface area contributed by atoms with E-state index >= 15 is 0 Å². The Kier molecular flexibility index (Phi) is 2.84. The van der Waals surface area contributed by atoms with Gasteiger partial charge in [0.05, 0.1) is 0 Å². The molecule has 40 valence electrons. The second kappa shape index (κ2) is 2.92. The van der Waals surface area contributed by atoms with Crippen LogP contribution in [0.3, 0.4) is 0 Å². The summed E-state index contributed by atoms with van der Waals surface area (Å²) in [5.41, 5.74) is 1.08. The van der Waals surface area contributed by atoms with Gasteiger partial charge in [-0.3, -0.25) is 0 Å². The summed E-state index contributed by atoms with van der Waals surface area (Å²) < 4.78 is 0. The first-order chi connectivity index (χ1) is 3.18. The van der Waals surface area contributed by atoms with Gasteiger partial charge in [-0.25, -0.2) is 0 Å². The van der Waals surface area contributed by atoms with E-state index in [9.17, 15) is 0 Å². The molecule has 0 aromatic carbocycles. The number of hydrogen-bond acceptors (Lipinski definition) is 1. The highest BCUT2D eigenvalue weighted by atomic mass is 32.1. The molecular weight excluding hydrogens is 104 g/mol. The normalized spacial score (nSPS) is 8.29. The first kappa shape index (κ1) is 6.83. The molecule has 0 radical (unpaired) electrons. The predicted molar refractivity (Wildman–Crippen MR) is 37.7 cm³/mol. The Morgan fingerprint density at radius 3 is 2.14 bits per heavy atom. The van der Waals surface area contributed by atoms with Gasteiger partial charge in [0.25, 0.3) is 0 Å². The van der Waals surface area contributed by atoms with E-state index in [0.717, 1.165) is 16.9 Å². The van der Waals surface area contributed by atoms with E-state index in [2.05, 4.69) is 13.5 Å². The molecule has 1 heteroatoms. The third kappa shape index (κ3) is 2.52. The maximum Gasteiger partial charge on any atom is 0.0147 e. The van der Waals surface area contributed by atoms with Crippen molar-refractivity contribution in [1.29, 1.82) is 0 Å². The standard InChI is InChI=1S/C6H10S/c1-4-5(2)6(3)7/h2,4H2,1,3H3. The predicted octanol–water partition coefficient (Wildman–Crippen LogP) is 2.34. The van der Waals surface area contributed by atoms with E-state index in [1.807, 2.05) is 6.92 Å². The lowest BCUT2D eigenvalue weighted by molar-refractivity contribution is 1.18. The van der Waals surface area contributed by atoms with Crippen LogP contribution in [-0.4, -0.2) is 4.86 Å². The summed E-state index contributed by atoms with van der Waals surface area (Å²) in [6.07, 6.45) is 0.981. The molecule has 0 bridgehead atoms. The highest BCUT2D eigenvalue weighted by molar-refractivity contribution is 7.80. The Morgan fingerprint density at radius 1 is 1.71 bits per heavy atom. The van der Waals surface area contributed by atoms with Crippen LogP contribution in [0, 0.1) is 0 Å². The van der Waals surface area contributed by atoms with Crippen LogP contribution in [0.5, 0.6) is 0 Å². The van der Waals surface area contributed by atoms with Crippen LogP contribution in [0.2, 0.25) is 0 Å². The van der Waals surface area contributed by atoms with E-state index in [-0.39, 0.29) is 0 Å². The van der Waals surface area contributed by atoms with Crippen molar-refractivity contribution < 1.29 is 0 Å². The summed E-state index contributed by atoms with van der Waals surface area (Å²) in [7, 11) is 0. The molecule has 0 aliphatic rings. The van der Waals surface area contributed by atoms with Crippen molar-refractivity contribution in [1.82, 2.24) is 0 Å². The van der Waals surface area contributed by atoms with Gasteiger partial charge in [0.1, 0.15) is 0 Å². The first-order valence-corrected chi connectivity index (χ1v) is 2.78. The molecule has 7 heavy (non-hydrogen) atoms. The topological polar surface area (TPSA) is 0 Å². The average molecular weight is 114 g/mol. The first-order valence-electron chi connectivity index (χ1n) is 2.37. The minimum absolute atomic E-state index is 0.933. The number of allylic oxidation sites excluding steroid dienone is 1. The van der Waals surface area contributed by atoms with Crippen LogP contribution >= 0.6 is 12.2 Å². The van der Waals surface area contributed by atoms with Gasteiger partial charge < -0.3 is 0 Å². The van der Waals surface area contributed by atoms with Gasteiger partial charge in [0, 0.05) is 4.86 Å². The van der Waals surface area contributed by atoms with Crippen molar-refractivity contribution in [3.8, 4) is 0 Å². The van der Waals surface area contributed by atoms with E-state index in [4.69, 9.17) is 12.2 Å². The molecule has 0 rings (SSSR count). The quantitative estimate of drug-likeness (QED) is 0.392. The molecular formula is C6H10S. The van der Waals surface area contributed by atoms with Gasteiger partial charge >= 0.3 is 0 Å². The lowest BCUT2D eigenvalue weighted by Gasteiger charge is -1.93. The van der Waals surface area contributed by atoms with Gasteiger partial charge in [-0.1, -0.05) is 25.7 Å². The fourth-order valence-corrected chi connectivity index (χ4v) is 0.393. The van der Waals surface area contributed by atoms with E-state index in [0.29, 0.717) is 0 Å². The van der Waals surface area contributed by atoms with Gasteiger partial charge in [-0.15, -0.1) is 0 Å². The number of hydrogen-bond donors (Lipinski definition) is 0. The maximum absolute atomic E-state index is 4.82. The summed E-state index contributed by atoms with van der Waals surface area (Å²) in [5.74, 6) is 0. The highest BCUT2D eigenvalue weighted by Crippen LogP contribution is 1.97. The van der Waals surface area contributed by atoms with Crippen LogP contribution in [0.1, 0.15) is 20.3 Å². The van der Waals surface area contributed by atoms with Gasteiger partial charge in [-0.05, 0) is 18.9 Å². The van der Waals surface area contributed by atoms with Gasteiger partial charge in [0.2, 0.25) is 0 Å². The largest absolute Gasteiger partial charge is 0.0947 e. The Hall–Kier alpha value is -0.170. The minimum Gasteiger partial charge on any atom is -0.0947 e. The van der Waals surface area contributed by atoms with Crippen molar-refractivity contribution in [3.05, 3.63) is 12.2 Å². The smallest absolute Gasteiger partial charge is 0.0147 e. The van der Waals surface area contributed by atoms with Gasteiger partial charge in [0.15, 0.2) is 0 Å². The zero-order valence-electron chi connectivity index (χ0n) is 4.82. The summed E-state index contributed by atoms with van der Waals surface area (Å²) in [4.78, 5) is 0.933. The van der Waals surface area contributed by atoms with E-state index in [1.165, 1.54) is 0 Å². The molecule has 0 aromatic heterocycles. The number of thiocarbonyl (C=S) groups is 1. The molecule has 0 spiro atoms. The average Bonchev–Trinajstić information content (AvgIpc) is 1.65. The summed E-state index contributed by atoms with van der Waals surface area (Å²) in [6.45, 7) is 7.69. The van der Waals surface area contributed by atoms with Crippen LogP contribution in [-0.2, 0) is 0 Å². The molecule has 0 aromatic rings. The third-order valence-electron chi connectivity index (χ3n) is 0.925. The Labute approximate surface area is 50.2 Å². The van der Waals surface area contributed by atoms with E-state index in [1.54, 1.807) is 0 Å². The molecule has 0 heterocycles. The lowest BCUT2D eigenvalue weighted by Crippen LogP contribution is -1.87. The van der Waals surface area contributed by atoms with Crippen molar-refractivity contribution >= 4 is 17.1 Å². The van der Waals surface area contributed by atoms with E-state index < -0.39 is 0 Å². The fourth-order valence-electron chi connectivity index (χ4n) is 0.249. The Morgan fingerprint density at radius 2 is 2.14 bits per heavy atom. The monoisotopic (exact) mass is 114 g/mol. The molecule has 0 aliphatic carbocycles. The molecule has 0 saturated heterocycles. The third-order valence-corrected chi connectivity index (χ3v) is 1.21. The summed E-state index contributed by atoms with van der Waals surface area (Å²) >= 11 is 4.82. The van der Waals surface area contributed by atoms with Crippen LogP contribution in [0.15, 0.2) is 12.2 Å². The summed E-state index contributed by atoms with van der Waals surface area (Å²) in [5, 5.41) is 0. The zero-order valence-corrected chi connectivity index (χ0v) is 5.64. The molecule has 0 atom stereocenters. The van der Waals surface area contributed by atoms with Crippen LogP contribution < -0.4 is 0 Å². The highest BCUT2D eigenvalue weighted by Gasteiger charge is 1.87. The summed E-state index contributed by atoms with van der Waals surface area (Å²) in [6, 6.07) is 0. The molecule has 0 saturated carbocycles. The zero-order chi connectivity index (χ0) is 5.86. The second-order valence-corrected chi connectivity index (χ2v) is 2.13. The van der Waals surface area contributed by atoms with Crippen molar-refractivity contribution in [2.75, 3.05) is 0 Å². The SMILES string of the molecule is C=C(CC)C(C)=S. The minimum atomic E-state index is 0.933. The molecule has 0 aliphatic heterocycles. The molecule has 0 N–H and O–H groups in total. The number of rotatable bonds is 2. The van der Waals surface area contributed by atoms with Crippen molar-refractivity contribution in [3.63, 3.8) is 0 Å². The van der Waals surface area contributed by atoms with Crippen LogP contribution in [0.4, 0.5) is 0 Å². The molecule has 0 fully saturated rings. The second-order valence-electron chi connectivity index (χ2n) is 1.51. The molecule has 0 amide bonds. The molecule has 0 unspecified atom stereocenters.